The van der Waals surface area contributed by atoms with Gasteiger partial charge in [0, 0.05) is 40.4 Å². The normalized spacial score (nSPS) is 16.2. The Labute approximate surface area is 182 Å². The minimum Gasteiger partial charge on any atom is -0.355 e. The molecule has 1 aromatic heterocycles. The van der Waals surface area contributed by atoms with E-state index in [1.807, 2.05) is 31.8 Å². The van der Waals surface area contributed by atoms with E-state index < -0.39 is 0 Å². The Balaban J connectivity index is 0.00000338. The van der Waals surface area contributed by atoms with E-state index in [-0.39, 0.29) is 35.3 Å². The molecule has 1 aromatic rings. The summed E-state index contributed by atoms with van der Waals surface area (Å²) in [5, 5.41) is 7.62. The topological polar surface area (TPSA) is 61.7 Å². The maximum Gasteiger partial charge on any atom is 0.230 e. The molecular formula is C17H28Cl2IN5O. The average molecular weight is 516 g/mol. The number of aliphatic imine (C=N–C) groups is 1. The Morgan fingerprint density at radius 1 is 1.31 bits per heavy atom. The van der Waals surface area contributed by atoms with Crippen LogP contribution < -0.4 is 10.6 Å². The van der Waals surface area contributed by atoms with E-state index in [2.05, 4.69) is 15.6 Å². The summed E-state index contributed by atoms with van der Waals surface area (Å²) >= 11 is 12.1. The Kier molecular flexibility index (Phi) is 9.02. The second kappa shape index (κ2) is 10.0. The fourth-order valence-corrected chi connectivity index (χ4v) is 3.81. The summed E-state index contributed by atoms with van der Waals surface area (Å²) in [7, 11) is 7.22. The first kappa shape index (κ1) is 23.4. The number of hydrogen-bond donors (Lipinski definition) is 2. The highest BCUT2D eigenvalue weighted by atomic mass is 127. The molecule has 1 heterocycles. The molecule has 0 aliphatic heterocycles. The Morgan fingerprint density at radius 2 is 1.92 bits per heavy atom. The van der Waals surface area contributed by atoms with Crippen LogP contribution in [0.3, 0.4) is 0 Å². The van der Waals surface area contributed by atoms with Gasteiger partial charge in [-0.05, 0) is 18.9 Å². The number of guanidine groups is 1. The zero-order chi connectivity index (χ0) is 18.6. The molecule has 1 fully saturated rings. The van der Waals surface area contributed by atoms with Gasteiger partial charge in [0.1, 0.15) is 5.15 Å². The number of aromatic nitrogens is 1. The van der Waals surface area contributed by atoms with Gasteiger partial charge in [-0.1, -0.05) is 36.0 Å². The van der Waals surface area contributed by atoms with Crippen LogP contribution in [0.4, 0.5) is 0 Å². The van der Waals surface area contributed by atoms with E-state index in [0.717, 1.165) is 31.4 Å². The monoisotopic (exact) mass is 515 g/mol. The lowest BCUT2D eigenvalue weighted by Crippen LogP contribution is -2.49. The third kappa shape index (κ3) is 5.19. The highest BCUT2D eigenvalue weighted by Gasteiger charge is 2.42. The summed E-state index contributed by atoms with van der Waals surface area (Å²) in [6, 6.07) is 1.83. The van der Waals surface area contributed by atoms with E-state index in [1.54, 1.807) is 11.9 Å². The first-order valence-electron chi connectivity index (χ1n) is 8.46. The van der Waals surface area contributed by atoms with Crippen molar-refractivity contribution in [1.29, 1.82) is 0 Å². The second-order valence-electron chi connectivity index (χ2n) is 6.80. The van der Waals surface area contributed by atoms with Crippen LogP contribution in [0.15, 0.2) is 11.1 Å². The molecule has 0 radical (unpaired) electrons. The van der Waals surface area contributed by atoms with Gasteiger partial charge >= 0.3 is 0 Å². The van der Waals surface area contributed by atoms with E-state index in [0.29, 0.717) is 29.2 Å². The summed E-state index contributed by atoms with van der Waals surface area (Å²) in [6.07, 6.45) is 4.01. The minimum atomic E-state index is -0.335. The molecule has 26 heavy (non-hydrogen) atoms. The van der Waals surface area contributed by atoms with Crippen LogP contribution in [-0.2, 0) is 18.4 Å². The zero-order valence-corrected chi connectivity index (χ0v) is 19.6. The molecular weight excluding hydrogens is 488 g/mol. The predicted octanol–water partition coefficient (Wildman–Crippen LogP) is 3.26. The molecule has 1 saturated carbocycles. The standard InChI is InChI=1S/C17H27Cl2N5O.HI/c1-20-16(21-10-12-9-13(18)14(19)24(12)4)22-11-17(7-5-6-8-17)15(25)23(2)3;/h9H,5-8,10-11H2,1-4H3,(H2,20,21,22);1H. The molecule has 1 amide bonds. The molecule has 0 unspecified atom stereocenters. The van der Waals surface area contributed by atoms with Crippen molar-refractivity contribution >= 4 is 59.0 Å². The highest BCUT2D eigenvalue weighted by molar-refractivity contribution is 14.0. The maximum atomic E-state index is 12.6. The number of carbonyl (C=O) groups is 1. The van der Waals surface area contributed by atoms with Gasteiger partial charge in [-0.3, -0.25) is 9.79 Å². The highest BCUT2D eigenvalue weighted by Crippen LogP contribution is 2.38. The number of halogens is 3. The number of nitrogens with zero attached hydrogens (tertiary/aromatic N) is 3. The third-order valence-corrected chi connectivity index (χ3v) is 5.73. The van der Waals surface area contributed by atoms with Crippen molar-refractivity contribution in [3.05, 3.63) is 21.9 Å². The predicted molar refractivity (Wildman–Crippen MR) is 119 cm³/mol. The molecule has 6 nitrogen and oxygen atoms in total. The number of hydrogen-bond acceptors (Lipinski definition) is 2. The molecule has 0 aromatic carbocycles. The van der Waals surface area contributed by atoms with E-state index in [9.17, 15) is 4.79 Å². The second-order valence-corrected chi connectivity index (χ2v) is 7.56. The van der Waals surface area contributed by atoms with E-state index >= 15 is 0 Å². The Hall–Kier alpha value is -0.670. The van der Waals surface area contributed by atoms with Crippen LogP contribution in [0.5, 0.6) is 0 Å². The van der Waals surface area contributed by atoms with Crippen LogP contribution in [0.1, 0.15) is 31.4 Å². The van der Waals surface area contributed by atoms with Gasteiger partial charge in [0.15, 0.2) is 5.96 Å². The maximum absolute atomic E-state index is 12.6. The van der Waals surface area contributed by atoms with Crippen LogP contribution in [0, 0.1) is 5.41 Å². The molecule has 1 aliphatic rings. The van der Waals surface area contributed by atoms with Crippen LogP contribution in [-0.4, -0.2) is 49.0 Å². The first-order valence-corrected chi connectivity index (χ1v) is 9.22. The van der Waals surface area contributed by atoms with Gasteiger partial charge in [0.25, 0.3) is 0 Å². The van der Waals surface area contributed by atoms with Crippen molar-refractivity contribution < 1.29 is 4.79 Å². The number of carbonyl (C=O) groups excluding carboxylic acids is 1. The van der Waals surface area contributed by atoms with Crippen molar-refractivity contribution in [2.24, 2.45) is 17.5 Å². The van der Waals surface area contributed by atoms with E-state index in [1.165, 1.54) is 0 Å². The van der Waals surface area contributed by atoms with Gasteiger partial charge in [0.05, 0.1) is 17.0 Å². The van der Waals surface area contributed by atoms with Gasteiger partial charge in [-0.15, -0.1) is 24.0 Å². The summed E-state index contributed by atoms with van der Waals surface area (Å²) < 4.78 is 1.83. The number of nitrogens with one attached hydrogen (secondary N) is 2. The SMILES string of the molecule is CN=C(NCc1cc(Cl)c(Cl)n1C)NCC1(C(=O)N(C)C)CCCC1.I. The van der Waals surface area contributed by atoms with Gasteiger partial charge in [0.2, 0.25) is 5.91 Å². The summed E-state index contributed by atoms with van der Waals surface area (Å²) in [5.74, 6) is 0.847. The van der Waals surface area contributed by atoms with Gasteiger partial charge in [-0.2, -0.15) is 0 Å². The van der Waals surface area contributed by atoms with Gasteiger partial charge in [-0.25, -0.2) is 0 Å². The Morgan fingerprint density at radius 3 is 2.38 bits per heavy atom. The van der Waals surface area contributed by atoms with Crippen molar-refractivity contribution in [2.75, 3.05) is 27.7 Å². The lowest BCUT2D eigenvalue weighted by atomic mass is 9.84. The Bertz CT molecular complexity index is 654. The third-order valence-electron chi connectivity index (χ3n) is 4.89. The summed E-state index contributed by atoms with van der Waals surface area (Å²) in [6.45, 7) is 1.12. The number of amides is 1. The molecule has 0 bridgehead atoms. The quantitative estimate of drug-likeness (QED) is 0.359. The zero-order valence-electron chi connectivity index (χ0n) is 15.7. The van der Waals surface area contributed by atoms with Crippen molar-refractivity contribution in [3.8, 4) is 0 Å². The molecule has 2 rings (SSSR count). The van der Waals surface area contributed by atoms with E-state index in [4.69, 9.17) is 23.2 Å². The molecule has 0 saturated heterocycles. The average Bonchev–Trinajstić information content (AvgIpc) is 3.16. The fraction of sp³-hybridized carbons (Fsp3) is 0.647. The lowest BCUT2D eigenvalue weighted by Gasteiger charge is -2.31. The first-order chi connectivity index (χ1) is 11.8. The molecule has 148 valence electrons. The minimum absolute atomic E-state index is 0. The lowest BCUT2D eigenvalue weighted by molar-refractivity contribution is -0.138. The molecule has 1 aliphatic carbocycles. The van der Waals surface area contributed by atoms with Crippen LogP contribution in [0.2, 0.25) is 10.2 Å². The van der Waals surface area contributed by atoms with Crippen molar-refractivity contribution in [2.45, 2.75) is 32.2 Å². The largest absolute Gasteiger partial charge is 0.355 e. The van der Waals surface area contributed by atoms with Crippen LogP contribution in [0.25, 0.3) is 0 Å². The van der Waals surface area contributed by atoms with Crippen molar-refractivity contribution in [3.63, 3.8) is 0 Å². The molecule has 2 N–H and O–H groups in total. The van der Waals surface area contributed by atoms with Gasteiger partial charge < -0.3 is 20.1 Å². The smallest absolute Gasteiger partial charge is 0.230 e. The molecule has 0 atom stereocenters. The summed E-state index contributed by atoms with van der Waals surface area (Å²) in [4.78, 5) is 18.6. The number of rotatable bonds is 5. The fourth-order valence-electron chi connectivity index (χ4n) is 3.40. The molecule has 9 heteroatoms. The molecule has 0 spiro atoms. The summed E-state index contributed by atoms with van der Waals surface area (Å²) in [5.41, 5.74) is 0.622. The van der Waals surface area contributed by atoms with Crippen molar-refractivity contribution in [1.82, 2.24) is 20.1 Å². The van der Waals surface area contributed by atoms with Crippen LogP contribution >= 0.6 is 47.2 Å².